The van der Waals surface area contributed by atoms with Gasteiger partial charge in [-0.2, -0.15) is 0 Å². The van der Waals surface area contributed by atoms with Crippen LogP contribution in [0.4, 0.5) is 11.5 Å². The molecule has 1 aliphatic heterocycles. The van der Waals surface area contributed by atoms with E-state index >= 15 is 0 Å². The monoisotopic (exact) mass is 534 g/mol. The van der Waals surface area contributed by atoms with Crippen LogP contribution in [0, 0.1) is 6.92 Å². The molecular weight excluding hydrogens is 496 g/mol. The van der Waals surface area contributed by atoms with E-state index < -0.39 is 9.84 Å². The first-order chi connectivity index (χ1) is 18.2. The number of amides is 1. The minimum absolute atomic E-state index is 0.0860. The maximum Gasteiger partial charge on any atom is 0.254 e. The second-order valence-electron chi connectivity index (χ2n) is 10.2. The van der Waals surface area contributed by atoms with Gasteiger partial charge in [-0.1, -0.05) is 43.7 Å². The molecular formula is C30H38N4O3S. The molecule has 0 radical (unpaired) electrons. The lowest BCUT2D eigenvalue weighted by Gasteiger charge is -2.36. The molecule has 3 aromatic rings. The van der Waals surface area contributed by atoms with Gasteiger partial charge in [-0.25, -0.2) is 13.4 Å². The molecule has 1 fully saturated rings. The van der Waals surface area contributed by atoms with Crippen molar-refractivity contribution in [2.24, 2.45) is 0 Å². The summed E-state index contributed by atoms with van der Waals surface area (Å²) in [5.74, 6) is 0.683. The highest BCUT2D eigenvalue weighted by atomic mass is 32.2. The van der Waals surface area contributed by atoms with Gasteiger partial charge in [0, 0.05) is 63.8 Å². The standard InChI is InChI=1S/C30H38N4O3S/c1-5-6-7-24-9-11-25(12-10-24)22-38(36,37)27-13-8-23(2)28(21-27)30(35)34-18-16-33(17-19-34)26-14-15-31-29(20-26)32(3)4/h8-15,20-21H,5-7,16-19,22H2,1-4H3. The number of aryl methyl sites for hydroxylation is 2. The number of anilines is 2. The number of piperazine rings is 1. The van der Waals surface area contributed by atoms with Crippen LogP contribution in [0.3, 0.4) is 0 Å². The fraction of sp³-hybridized carbons (Fsp3) is 0.400. The van der Waals surface area contributed by atoms with Gasteiger partial charge in [-0.3, -0.25) is 4.79 Å². The van der Waals surface area contributed by atoms with E-state index in [1.165, 1.54) is 5.56 Å². The van der Waals surface area contributed by atoms with Crippen molar-refractivity contribution < 1.29 is 13.2 Å². The quantitative estimate of drug-likeness (QED) is 0.395. The lowest BCUT2D eigenvalue weighted by atomic mass is 10.1. The van der Waals surface area contributed by atoms with Gasteiger partial charge in [0.15, 0.2) is 9.84 Å². The van der Waals surface area contributed by atoms with Crippen molar-refractivity contribution >= 4 is 27.2 Å². The summed E-state index contributed by atoms with van der Waals surface area (Å²) in [5.41, 5.74) is 4.29. The van der Waals surface area contributed by atoms with Gasteiger partial charge in [0.1, 0.15) is 5.82 Å². The molecule has 2 heterocycles. The van der Waals surface area contributed by atoms with Gasteiger partial charge < -0.3 is 14.7 Å². The highest BCUT2D eigenvalue weighted by Crippen LogP contribution is 2.24. The van der Waals surface area contributed by atoms with Crippen LogP contribution >= 0.6 is 0 Å². The van der Waals surface area contributed by atoms with Gasteiger partial charge in [-0.05, 0) is 54.7 Å². The summed E-state index contributed by atoms with van der Waals surface area (Å²) in [7, 11) is 0.332. The Labute approximate surface area is 227 Å². The van der Waals surface area contributed by atoms with Crippen LogP contribution < -0.4 is 9.80 Å². The zero-order valence-electron chi connectivity index (χ0n) is 22.9. The number of hydrogen-bond donors (Lipinski definition) is 0. The normalized spacial score (nSPS) is 14.0. The third-order valence-electron chi connectivity index (χ3n) is 7.12. The van der Waals surface area contributed by atoms with Gasteiger partial charge in [-0.15, -0.1) is 0 Å². The number of rotatable bonds is 9. The molecule has 1 saturated heterocycles. The highest BCUT2D eigenvalue weighted by molar-refractivity contribution is 7.90. The van der Waals surface area contributed by atoms with Crippen LogP contribution in [0.25, 0.3) is 0 Å². The first-order valence-corrected chi connectivity index (χ1v) is 14.9. The molecule has 0 atom stereocenters. The van der Waals surface area contributed by atoms with Gasteiger partial charge in [0.25, 0.3) is 5.91 Å². The number of sulfone groups is 1. The molecule has 0 N–H and O–H groups in total. The Kier molecular flexibility index (Phi) is 8.72. The van der Waals surface area contributed by atoms with E-state index in [-0.39, 0.29) is 16.6 Å². The summed E-state index contributed by atoms with van der Waals surface area (Å²) in [5, 5.41) is 0. The average Bonchev–Trinajstić information content (AvgIpc) is 2.92. The summed E-state index contributed by atoms with van der Waals surface area (Å²) in [6, 6.07) is 16.8. The topological polar surface area (TPSA) is 73.8 Å². The molecule has 2 aromatic carbocycles. The molecule has 0 aliphatic carbocycles. The Morgan fingerprint density at radius 3 is 2.29 bits per heavy atom. The van der Waals surface area contributed by atoms with E-state index in [9.17, 15) is 13.2 Å². The predicted molar refractivity (Wildman–Crippen MR) is 154 cm³/mol. The van der Waals surface area contributed by atoms with Crippen LogP contribution in [0.15, 0.2) is 65.7 Å². The van der Waals surface area contributed by atoms with Crippen molar-refractivity contribution in [3.63, 3.8) is 0 Å². The van der Waals surface area contributed by atoms with E-state index in [2.05, 4.69) is 22.9 Å². The van der Waals surface area contributed by atoms with E-state index in [4.69, 9.17) is 0 Å². The number of aromatic nitrogens is 1. The van der Waals surface area contributed by atoms with Crippen molar-refractivity contribution in [1.29, 1.82) is 0 Å². The molecule has 4 rings (SSSR count). The summed E-state index contributed by atoms with van der Waals surface area (Å²) in [6.45, 7) is 6.56. The fourth-order valence-corrected chi connectivity index (χ4v) is 6.07. The molecule has 38 heavy (non-hydrogen) atoms. The Balaban J connectivity index is 1.44. The van der Waals surface area contributed by atoms with Crippen LogP contribution in [-0.2, 0) is 22.0 Å². The second kappa shape index (κ2) is 12.0. The molecule has 0 bridgehead atoms. The number of hydrogen-bond acceptors (Lipinski definition) is 6. The van der Waals surface area contributed by atoms with Crippen molar-refractivity contribution in [2.75, 3.05) is 50.1 Å². The zero-order valence-corrected chi connectivity index (χ0v) is 23.7. The fourth-order valence-electron chi connectivity index (χ4n) is 4.70. The summed E-state index contributed by atoms with van der Waals surface area (Å²) in [4.78, 5) is 24.1. The van der Waals surface area contributed by atoms with Crippen molar-refractivity contribution in [3.8, 4) is 0 Å². The molecule has 7 nitrogen and oxygen atoms in total. The number of pyridine rings is 1. The van der Waals surface area contributed by atoms with Crippen LogP contribution in [0.1, 0.15) is 46.8 Å². The van der Waals surface area contributed by atoms with Gasteiger partial charge in [0.2, 0.25) is 0 Å². The minimum atomic E-state index is -3.59. The first-order valence-electron chi connectivity index (χ1n) is 13.3. The number of carbonyl (C=O) groups excluding carboxylic acids is 1. The number of benzene rings is 2. The van der Waals surface area contributed by atoms with Gasteiger partial charge >= 0.3 is 0 Å². The van der Waals surface area contributed by atoms with Crippen molar-refractivity contribution in [3.05, 3.63) is 83.0 Å². The molecule has 1 aliphatic rings. The SMILES string of the molecule is CCCCc1ccc(CS(=O)(=O)c2ccc(C)c(C(=O)N3CCN(c4ccnc(N(C)C)c4)CC3)c2)cc1. The van der Waals surface area contributed by atoms with Crippen LogP contribution in [-0.4, -0.2) is 64.5 Å². The summed E-state index contributed by atoms with van der Waals surface area (Å²) >= 11 is 0. The molecule has 1 aromatic heterocycles. The molecule has 0 unspecified atom stereocenters. The largest absolute Gasteiger partial charge is 0.368 e. The van der Waals surface area contributed by atoms with Gasteiger partial charge in [0.05, 0.1) is 10.6 Å². The molecule has 202 valence electrons. The van der Waals surface area contributed by atoms with Crippen LogP contribution in [0.2, 0.25) is 0 Å². The Hall–Kier alpha value is -3.39. The van der Waals surface area contributed by atoms with E-state index in [0.717, 1.165) is 41.9 Å². The molecule has 1 amide bonds. The zero-order chi connectivity index (χ0) is 27.3. The number of carbonyl (C=O) groups is 1. The second-order valence-corrected chi connectivity index (χ2v) is 12.2. The average molecular weight is 535 g/mol. The predicted octanol–water partition coefficient (Wildman–Crippen LogP) is 4.73. The minimum Gasteiger partial charge on any atom is -0.368 e. The Morgan fingerprint density at radius 1 is 0.947 bits per heavy atom. The molecule has 0 saturated carbocycles. The Morgan fingerprint density at radius 2 is 1.63 bits per heavy atom. The molecule has 0 spiro atoms. The van der Waals surface area contributed by atoms with E-state index in [0.29, 0.717) is 31.7 Å². The third kappa shape index (κ3) is 6.54. The number of nitrogens with zero attached hydrogens (tertiary/aromatic N) is 4. The summed E-state index contributed by atoms with van der Waals surface area (Å²) in [6.07, 6.45) is 5.05. The van der Waals surface area contributed by atoms with Crippen LogP contribution in [0.5, 0.6) is 0 Å². The maximum absolute atomic E-state index is 13.5. The third-order valence-corrected chi connectivity index (χ3v) is 8.80. The first kappa shape index (κ1) is 27.6. The van der Waals surface area contributed by atoms with E-state index in [1.54, 1.807) is 24.4 Å². The molecule has 8 heteroatoms. The van der Waals surface area contributed by atoms with Crippen molar-refractivity contribution in [1.82, 2.24) is 9.88 Å². The highest BCUT2D eigenvalue weighted by Gasteiger charge is 2.25. The lowest BCUT2D eigenvalue weighted by Crippen LogP contribution is -2.49. The lowest BCUT2D eigenvalue weighted by molar-refractivity contribution is 0.0746. The summed E-state index contributed by atoms with van der Waals surface area (Å²) < 4.78 is 26.5. The maximum atomic E-state index is 13.5. The number of unbranched alkanes of at least 4 members (excludes halogenated alkanes) is 1. The Bertz CT molecular complexity index is 1360. The van der Waals surface area contributed by atoms with Crippen molar-refractivity contribution in [2.45, 2.75) is 43.8 Å². The smallest absolute Gasteiger partial charge is 0.254 e. The van der Waals surface area contributed by atoms with E-state index in [1.807, 2.05) is 61.2 Å².